The molecular formula is C13H14N4O2S. The number of sulfonamides is 1. The molecule has 7 heteroatoms. The molecule has 0 bridgehead atoms. The van der Waals surface area contributed by atoms with Gasteiger partial charge in [0.1, 0.15) is 0 Å². The first-order chi connectivity index (χ1) is 9.48. The van der Waals surface area contributed by atoms with Gasteiger partial charge in [0.15, 0.2) is 5.03 Å². The third-order valence-electron chi connectivity index (χ3n) is 2.94. The van der Waals surface area contributed by atoms with Crippen molar-refractivity contribution < 1.29 is 8.42 Å². The molecule has 1 aromatic carbocycles. The van der Waals surface area contributed by atoms with E-state index in [0.29, 0.717) is 17.8 Å². The minimum atomic E-state index is -3.71. The van der Waals surface area contributed by atoms with Gasteiger partial charge in [-0.05, 0) is 25.1 Å². The summed E-state index contributed by atoms with van der Waals surface area (Å²) in [6, 6.07) is 8.41. The smallest absolute Gasteiger partial charge is 0.283 e. The van der Waals surface area contributed by atoms with Crippen molar-refractivity contribution in [3.05, 3.63) is 42.4 Å². The van der Waals surface area contributed by atoms with Crippen LogP contribution in [0.5, 0.6) is 0 Å². The first-order valence-corrected chi connectivity index (χ1v) is 7.44. The average Bonchev–Trinajstić information content (AvgIpc) is 2.96. The number of aromatic nitrogens is 2. The number of hydrogen-bond acceptors (Lipinski definition) is 4. The molecule has 0 unspecified atom stereocenters. The summed E-state index contributed by atoms with van der Waals surface area (Å²) in [7, 11) is -2.27. The van der Waals surface area contributed by atoms with Crippen LogP contribution in [-0.4, -0.2) is 25.0 Å². The Morgan fingerprint density at radius 1 is 1.45 bits per heavy atom. The molecule has 2 rings (SSSR count). The first kappa shape index (κ1) is 14.1. The van der Waals surface area contributed by atoms with E-state index in [1.807, 2.05) is 13.0 Å². The monoisotopic (exact) mass is 290 g/mol. The maximum absolute atomic E-state index is 12.4. The third-order valence-corrected chi connectivity index (χ3v) is 4.61. The largest absolute Gasteiger partial charge is 0.336 e. The highest BCUT2D eigenvalue weighted by Crippen LogP contribution is 2.21. The van der Waals surface area contributed by atoms with Gasteiger partial charge in [0.25, 0.3) is 10.0 Å². The number of nitriles is 1. The second kappa shape index (κ2) is 5.35. The Morgan fingerprint density at radius 2 is 2.20 bits per heavy atom. The Labute approximate surface area is 118 Å². The van der Waals surface area contributed by atoms with Gasteiger partial charge in [0.2, 0.25) is 0 Å². The summed E-state index contributed by atoms with van der Waals surface area (Å²) in [6.45, 7) is 2.55. The second-order valence-corrected chi connectivity index (χ2v) is 6.09. The summed E-state index contributed by atoms with van der Waals surface area (Å²) >= 11 is 0. The topological polar surface area (TPSA) is 79.0 Å². The number of hydrogen-bond donors (Lipinski definition) is 0. The lowest BCUT2D eigenvalue weighted by atomic mass is 10.2. The molecule has 104 valence electrons. The van der Waals surface area contributed by atoms with E-state index in [9.17, 15) is 8.42 Å². The van der Waals surface area contributed by atoms with Crippen molar-refractivity contribution in [2.24, 2.45) is 0 Å². The van der Waals surface area contributed by atoms with E-state index in [4.69, 9.17) is 5.26 Å². The summed E-state index contributed by atoms with van der Waals surface area (Å²) in [5.74, 6) is 0. The zero-order chi connectivity index (χ0) is 14.8. The zero-order valence-corrected chi connectivity index (χ0v) is 12.0. The van der Waals surface area contributed by atoms with Crippen LogP contribution in [0, 0.1) is 11.3 Å². The normalized spacial score (nSPS) is 11.1. The lowest BCUT2D eigenvalue weighted by Crippen LogP contribution is -2.26. The highest BCUT2D eigenvalue weighted by Gasteiger charge is 2.24. The van der Waals surface area contributed by atoms with Gasteiger partial charge >= 0.3 is 0 Å². The predicted octanol–water partition coefficient (Wildman–Crippen LogP) is 1.60. The van der Waals surface area contributed by atoms with E-state index >= 15 is 0 Å². The molecule has 0 saturated carbocycles. The van der Waals surface area contributed by atoms with E-state index in [1.54, 1.807) is 22.8 Å². The molecule has 2 aromatic rings. The van der Waals surface area contributed by atoms with Crippen molar-refractivity contribution in [1.82, 2.24) is 9.55 Å². The van der Waals surface area contributed by atoms with Gasteiger partial charge < -0.3 is 4.57 Å². The van der Waals surface area contributed by atoms with Crippen LogP contribution in [0.1, 0.15) is 12.5 Å². The summed E-state index contributed by atoms with van der Waals surface area (Å²) in [4.78, 5) is 3.92. The maximum Gasteiger partial charge on any atom is 0.283 e. The summed E-state index contributed by atoms with van der Waals surface area (Å²) in [5.41, 5.74) is 0.832. The maximum atomic E-state index is 12.4. The van der Waals surface area contributed by atoms with Crippen molar-refractivity contribution in [3.63, 3.8) is 0 Å². The molecule has 0 N–H and O–H groups in total. The number of rotatable bonds is 4. The van der Waals surface area contributed by atoms with Crippen LogP contribution in [0.4, 0.5) is 5.69 Å². The molecule has 1 heterocycles. The van der Waals surface area contributed by atoms with Crippen LogP contribution in [0.3, 0.4) is 0 Å². The predicted molar refractivity (Wildman–Crippen MR) is 74.6 cm³/mol. The molecule has 20 heavy (non-hydrogen) atoms. The van der Waals surface area contributed by atoms with Crippen LogP contribution in [-0.2, 0) is 16.6 Å². The number of benzene rings is 1. The van der Waals surface area contributed by atoms with Crippen molar-refractivity contribution >= 4 is 15.7 Å². The average molecular weight is 290 g/mol. The van der Waals surface area contributed by atoms with Gasteiger partial charge in [-0.1, -0.05) is 6.07 Å². The fraction of sp³-hybridized carbons (Fsp3) is 0.231. The van der Waals surface area contributed by atoms with Crippen molar-refractivity contribution in [1.29, 1.82) is 5.26 Å². The van der Waals surface area contributed by atoms with E-state index in [-0.39, 0.29) is 5.03 Å². The second-order valence-electron chi connectivity index (χ2n) is 4.18. The van der Waals surface area contributed by atoms with Gasteiger partial charge in [-0.25, -0.2) is 4.98 Å². The minimum absolute atomic E-state index is 0.00999. The van der Waals surface area contributed by atoms with Crippen molar-refractivity contribution in [3.8, 4) is 6.07 Å². The van der Waals surface area contributed by atoms with Crippen LogP contribution >= 0.6 is 0 Å². The molecule has 0 atom stereocenters. The SMILES string of the molecule is CCn1cnc(S(=O)(=O)N(C)c2cccc(C#N)c2)c1. The molecule has 0 fully saturated rings. The van der Waals surface area contributed by atoms with Gasteiger partial charge in [0.05, 0.1) is 23.6 Å². The summed E-state index contributed by atoms with van der Waals surface area (Å²) < 4.78 is 27.7. The minimum Gasteiger partial charge on any atom is -0.336 e. The van der Waals surface area contributed by atoms with Crippen molar-refractivity contribution in [2.45, 2.75) is 18.5 Å². The third kappa shape index (κ3) is 2.51. The van der Waals surface area contributed by atoms with Crippen LogP contribution in [0.25, 0.3) is 0 Å². The quantitative estimate of drug-likeness (QED) is 0.856. The van der Waals surface area contributed by atoms with E-state index in [2.05, 4.69) is 4.98 Å². The van der Waals surface area contributed by atoms with Crippen LogP contribution in [0.15, 0.2) is 41.8 Å². The zero-order valence-electron chi connectivity index (χ0n) is 11.2. The summed E-state index contributed by atoms with van der Waals surface area (Å²) in [5, 5.41) is 8.86. The number of nitrogens with zero attached hydrogens (tertiary/aromatic N) is 4. The molecule has 0 saturated heterocycles. The Balaban J connectivity index is 2.40. The summed E-state index contributed by atoms with van der Waals surface area (Å²) in [6.07, 6.45) is 2.96. The fourth-order valence-corrected chi connectivity index (χ4v) is 2.82. The number of imidazole rings is 1. The molecular weight excluding hydrogens is 276 g/mol. The standard InChI is InChI=1S/C13H14N4O2S/c1-3-17-9-13(15-10-17)20(18,19)16(2)12-6-4-5-11(7-12)8-14/h4-7,9-10H,3H2,1-2H3. The van der Waals surface area contributed by atoms with Gasteiger partial charge in [-0.2, -0.15) is 13.7 Å². The van der Waals surface area contributed by atoms with Gasteiger partial charge in [0, 0.05) is 19.8 Å². The molecule has 6 nitrogen and oxygen atoms in total. The molecule has 0 aliphatic heterocycles. The lowest BCUT2D eigenvalue weighted by molar-refractivity contribution is 0.591. The van der Waals surface area contributed by atoms with E-state index in [1.165, 1.54) is 25.6 Å². The van der Waals surface area contributed by atoms with E-state index < -0.39 is 10.0 Å². The molecule has 1 aromatic heterocycles. The lowest BCUT2D eigenvalue weighted by Gasteiger charge is -2.18. The van der Waals surface area contributed by atoms with Crippen LogP contribution in [0.2, 0.25) is 0 Å². The fourth-order valence-electron chi connectivity index (χ4n) is 1.70. The Hall–Kier alpha value is -2.33. The van der Waals surface area contributed by atoms with Gasteiger partial charge in [-0.3, -0.25) is 4.31 Å². The molecule has 0 radical (unpaired) electrons. The highest BCUT2D eigenvalue weighted by atomic mass is 32.2. The van der Waals surface area contributed by atoms with Crippen LogP contribution < -0.4 is 4.31 Å². The van der Waals surface area contributed by atoms with Gasteiger partial charge in [-0.15, -0.1) is 0 Å². The molecule has 0 spiro atoms. The van der Waals surface area contributed by atoms with E-state index in [0.717, 1.165) is 4.31 Å². The number of anilines is 1. The Kier molecular flexibility index (Phi) is 3.77. The first-order valence-electron chi connectivity index (χ1n) is 6.00. The molecule has 0 amide bonds. The molecule has 0 aliphatic carbocycles. The Morgan fingerprint density at radius 3 is 2.80 bits per heavy atom. The Bertz CT molecular complexity index is 759. The number of aryl methyl sites for hydroxylation is 1. The van der Waals surface area contributed by atoms with Crippen molar-refractivity contribution in [2.75, 3.05) is 11.4 Å². The highest BCUT2D eigenvalue weighted by molar-refractivity contribution is 7.92. The molecule has 0 aliphatic rings.